The molecule has 0 amide bonds. The maximum Gasteiger partial charge on any atom is 0.00751 e. The first-order valence-corrected chi connectivity index (χ1v) is 5.01. The van der Waals surface area contributed by atoms with Gasteiger partial charge >= 0.3 is 0 Å². The Bertz CT molecular complexity index is 132. The third-order valence-corrected chi connectivity index (χ3v) is 3.17. The van der Waals surface area contributed by atoms with Gasteiger partial charge in [0, 0.05) is 12.1 Å². The summed E-state index contributed by atoms with van der Waals surface area (Å²) in [6.45, 7) is 4.69. The number of nitrogens with one attached hydrogen (secondary N) is 1. The summed E-state index contributed by atoms with van der Waals surface area (Å²) < 4.78 is 0. The van der Waals surface area contributed by atoms with E-state index < -0.39 is 0 Å². The Morgan fingerprint density at radius 3 is 2.18 bits per heavy atom. The van der Waals surface area contributed by atoms with Crippen molar-refractivity contribution < 1.29 is 0 Å². The second-order valence-corrected chi connectivity index (χ2v) is 4.61. The van der Waals surface area contributed by atoms with Gasteiger partial charge in [0.1, 0.15) is 0 Å². The van der Waals surface area contributed by atoms with Gasteiger partial charge in [-0.1, -0.05) is 13.8 Å². The summed E-state index contributed by atoms with van der Waals surface area (Å²) in [5.74, 6) is 1.93. The molecule has 1 N–H and O–H groups in total. The molecule has 0 bridgehead atoms. The molecule has 0 saturated heterocycles. The van der Waals surface area contributed by atoms with Gasteiger partial charge in [0.15, 0.2) is 0 Å². The Morgan fingerprint density at radius 2 is 1.73 bits per heavy atom. The second kappa shape index (κ2) is 2.78. The van der Waals surface area contributed by atoms with E-state index in [2.05, 4.69) is 19.2 Å². The molecular formula is C10H19N. The lowest BCUT2D eigenvalue weighted by atomic mass is 9.73. The molecule has 0 heterocycles. The van der Waals surface area contributed by atoms with Gasteiger partial charge < -0.3 is 5.32 Å². The van der Waals surface area contributed by atoms with Crippen molar-refractivity contribution in [2.75, 3.05) is 0 Å². The highest BCUT2D eigenvalue weighted by atomic mass is 15.0. The van der Waals surface area contributed by atoms with E-state index in [4.69, 9.17) is 0 Å². The van der Waals surface area contributed by atoms with Crippen LogP contribution in [0.4, 0.5) is 0 Å². The van der Waals surface area contributed by atoms with Gasteiger partial charge in [-0.05, 0) is 37.5 Å². The summed E-state index contributed by atoms with van der Waals surface area (Å²) in [5.41, 5.74) is 0. The van der Waals surface area contributed by atoms with Gasteiger partial charge in [-0.3, -0.25) is 0 Å². The summed E-state index contributed by atoms with van der Waals surface area (Å²) in [6, 6.07) is 1.79. The van der Waals surface area contributed by atoms with E-state index >= 15 is 0 Å². The van der Waals surface area contributed by atoms with E-state index in [1.54, 1.807) is 0 Å². The molecule has 2 fully saturated rings. The lowest BCUT2D eigenvalue weighted by Gasteiger charge is -2.38. The summed E-state index contributed by atoms with van der Waals surface area (Å²) in [5, 5.41) is 3.68. The molecule has 0 aromatic carbocycles. The average molecular weight is 153 g/mol. The molecule has 2 aliphatic rings. The predicted molar refractivity (Wildman–Crippen MR) is 47.5 cm³/mol. The Kier molecular flexibility index (Phi) is 1.92. The maximum atomic E-state index is 3.68. The number of rotatable bonds is 3. The molecule has 1 heteroatoms. The Labute approximate surface area is 69.6 Å². The molecule has 0 radical (unpaired) electrons. The van der Waals surface area contributed by atoms with Crippen LogP contribution >= 0.6 is 0 Å². The molecule has 0 spiro atoms. The monoisotopic (exact) mass is 153 g/mol. The minimum absolute atomic E-state index is 0.884. The third-order valence-electron chi connectivity index (χ3n) is 3.17. The van der Waals surface area contributed by atoms with Gasteiger partial charge in [0.05, 0.1) is 0 Å². The van der Waals surface area contributed by atoms with E-state index in [1.807, 2.05) is 0 Å². The average Bonchev–Trinajstić information content (AvgIpc) is 2.58. The number of hydrogen-bond acceptors (Lipinski definition) is 1. The first-order valence-electron chi connectivity index (χ1n) is 5.01. The normalized spacial score (nSPS) is 37.4. The van der Waals surface area contributed by atoms with E-state index in [0.717, 1.165) is 23.9 Å². The Balaban J connectivity index is 1.63. The predicted octanol–water partition coefficient (Wildman–Crippen LogP) is 2.17. The van der Waals surface area contributed by atoms with Gasteiger partial charge in [-0.15, -0.1) is 0 Å². The lowest BCUT2D eigenvalue weighted by molar-refractivity contribution is 0.167. The van der Waals surface area contributed by atoms with Crippen molar-refractivity contribution in [1.82, 2.24) is 5.32 Å². The van der Waals surface area contributed by atoms with Crippen LogP contribution in [0.15, 0.2) is 0 Å². The Hall–Kier alpha value is -0.0400. The quantitative estimate of drug-likeness (QED) is 0.655. The van der Waals surface area contributed by atoms with Crippen LogP contribution < -0.4 is 5.32 Å². The van der Waals surface area contributed by atoms with Crippen LogP contribution in [0.3, 0.4) is 0 Å². The van der Waals surface area contributed by atoms with Crippen LogP contribution in [0.1, 0.15) is 39.5 Å². The first-order chi connectivity index (χ1) is 5.25. The molecule has 0 aromatic heterocycles. The van der Waals surface area contributed by atoms with Gasteiger partial charge in [0.2, 0.25) is 0 Å². The fourth-order valence-corrected chi connectivity index (χ4v) is 1.93. The zero-order chi connectivity index (χ0) is 7.84. The van der Waals surface area contributed by atoms with Crippen LogP contribution in [0.25, 0.3) is 0 Å². The van der Waals surface area contributed by atoms with Gasteiger partial charge in [0.25, 0.3) is 0 Å². The molecule has 0 aliphatic heterocycles. The van der Waals surface area contributed by atoms with Crippen molar-refractivity contribution in [3.05, 3.63) is 0 Å². The molecular weight excluding hydrogens is 134 g/mol. The Morgan fingerprint density at radius 1 is 1.09 bits per heavy atom. The zero-order valence-electron chi connectivity index (χ0n) is 7.64. The summed E-state index contributed by atoms with van der Waals surface area (Å²) in [7, 11) is 0. The van der Waals surface area contributed by atoms with Crippen LogP contribution in [0.5, 0.6) is 0 Å². The van der Waals surface area contributed by atoms with E-state index in [1.165, 1.54) is 25.7 Å². The van der Waals surface area contributed by atoms with Gasteiger partial charge in [-0.2, -0.15) is 0 Å². The zero-order valence-corrected chi connectivity index (χ0v) is 7.64. The SMILES string of the molecule is CC(C)C1CC(NC2CC2)C1. The molecule has 64 valence electrons. The highest BCUT2D eigenvalue weighted by molar-refractivity contribution is 4.92. The van der Waals surface area contributed by atoms with Crippen molar-refractivity contribution in [3.63, 3.8) is 0 Å². The topological polar surface area (TPSA) is 12.0 Å². The molecule has 2 saturated carbocycles. The van der Waals surface area contributed by atoms with E-state index in [9.17, 15) is 0 Å². The summed E-state index contributed by atoms with van der Waals surface area (Å²) in [4.78, 5) is 0. The largest absolute Gasteiger partial charge is 0.311 e. The number of hydrogen-bond donors (Lipinski definition) is 1. The van der Waals surface area contributed by atoms with Crippen LogP contribution in [0.2, 0.25) is 0 Å². The minimum Gasteiger partial charge on any atom is -0.311 e. The lowest BCUT2D eigenvalue weighted by Crippen LogP contribution is -2.43. The fraction of sp³-hybridized carbons (Fsp3) is 1.00. The summed E-state index contributed by atoms with van der Waals surface area (Å²) >= 11 is 0. The molecule has 0 unspecified atom stereocenters. The van der Waals surface area contributed by atoms with Crippen LogP contribution in [-0.4, -0.2) is 12.1 Å². The van der Waals surface area contributed by atoms with Crippen LogP contribution in [-0.2, 0) is 0 Å². The first kappa shape index (κ1) is 7.60. The van der Waals surface area contributed by atoms with Crippen LogP contribution in [0, 0.1) is 11.8 Å². The second-order valence-electron chi connectivity index (χ2n) is 4.61. The van der Waals surface area contributed by atoms with E-state index in [-0.39, 0.29) is 0 Å². The fourth-order valence-electron chi connectivity index (χ4n) is 1.93. The third kappa shape index (κ3) is 1.76. The van der Waals surface area contributed by atoms with Crippen molar-refractivity contribution in [1.29, 1.82) is 0 Å². The van der Waals surface area contributed by atoms with Crippen molar-refractivity contribution in [3.8, 4) is 0 Å². The molecule has 0 atom stereocenters. The molecule has 2 rings (SSSR count). The van der Waals surface area contributed by atoms with Gasteiger partial charge in [-0.25, -0.2) is 0 Å². The highest BCUT2D eigenvalue weighted by Gasteiger charge is 2.34. The summed E-state index contributed by atoms with van der Waals surface area (Å²) in [6.07, 6.45) is 5.74. The standard InChI is InChI=1S/C10H19N/c1-7(2)8-5-10(6-8)11-9-3-4-9/h7-11H,3-6H2,1-2H3. The van der Waals surface area contributed by atoms with E-state index in [0.29, 0.717) is 0 Å². The van der Waals surface area contributed by atoms with Crippen molar-refractivity contribution in [2.45, 2.75) is 51.6 Å². The molecule has 0 aromatic rings. The smallest absolute Gasteiger partial charge is 0.00751 e. The highest BCUT2D eigenvalue weighted by Crippen LogP contribution is 2.35. The molecule has 11 heavy (non-hydrogen) atoms. The maximum absolute atomic E-state index is 3.68. The molecule has 2 aliphatic carbocycles. The minimum atomic E-state index is 0.884. The molecule has 1 nitrogen and oxygen atoms in total. The van der Waals surface area contributed by atoms with Crippen molar-refractivity contribution in [2.24, 2.45) is 11.8 Å². The van der Waals surface area contributed by atoms with Crippen molar-refractivity contribution >= 4 is 0 Å².